The normalized spacial score (nSPS) is 27.2. The number of piperidine rings is 1. The van der Waals surface area contributed by atoms with Gasteiger partial charge in [-0.25, -0.2) is 9.97 Å². The van der Waals surface area contributed by atoms with Crippen LogP contribution < -0.4 is 10.6 Å². The van der Waals surface area contributed by atoms with Gasteiger partial charge in [0.15, 0.2) is 5.79 Å². The van der Waals surface area contributed by atoms with Crippen molar-refractivity contribution >= 4 is 11.0 Å². The van der Waals surface area contributed by atoms with E-state index in [9.17, 15) is 0 Å². The van der Waals surface area contributed by atoms with Crippen molar-refractivity contribution in [2.24, 2.45) is 5.92 Å². The van der Waals surface area contributed by atoms with Gasteiger partial charge in [-0.15, -0.1) is 0 Å². The molecular formula is C35H32F2N6O2. The first kappa shape index (κ1) is 26.3. The third-order valence-electron chi connectivity index (χ3n) is 10.7. The van der Waals surface area contributed by atoms with Crippen LogP contribution in [-0.2, 0) is 15.4 Å². The lowest BCUT2D eigenvalue weighted by Gasteiger charge is -2.21. The standard InChI is InChI=1S/C35H32F2N6O2/c36-35(37)26-12-19(20-4-8-28-29(14-20)42-33(41-28)32-22-1-5-23(11-22)40-32)2-6-24(26)25-7-3-21(13-27(25)35)30-16-38-18-43(30)31-15-34(17-39-31)44-9-10-45-34/h2-4,6-8,12-14,16,18,22-23,31-32,39-40H,1,5,9-11,15,17H2,(H,41,42)/t22-,23-,31+,32+/m1/s1. The summed E-state index contributed by atoms with van der Waals surface area (Å²) >= 11 is 0. The fourth-order valence-electron chi connectivity index (χ4n) is 8.48. The first-order valence-electron chi connectivity index (χ1n) is 15.9. The Kier molecular flexibility index (Phi) is 5.43. The largest absolute Gasteiger partial charge is 0.346 e. The molecule has 3 aliphatic heterocycles. The van der Waals surface area contributed by atoms with E-state index in [0.717, 1.165) is 33.7 Å². The maximum atomic E-state index is 16.3. The van der Waals surface area contributed by atoms with Gasteiger partial charge in [-0.2, -0.15) is 8.78 Å². The van der Waals surface area contributed by atoms with Crippen molar-refractivity contribution in [3.05, 3.63) is 84.1 Å². The average Bonchev–Trinajstić information content (AvgIpc) is 3.91. The molecule has 8 nitrogen and oxygen atoms in total. The molecule has 0 radical (unpaired) electrons. The summed E-state index contributed by atoms with van der Waals surface area (Å²) in [7, 11) is 0. The topological polar surface area (TPSA) is 89.0 Å². The summed E-state index contributed by atoms with van der Waals surface area (Å²) in [5.41, 5.74) is 6.12. The molecular weight excluding hydrogens is 574 g/mol. The Bertz CT molecular complexity index is 2000. The van der Waals surface area contributed by atoms with Crippen molar-refractivity contribution in [3.8, 4) is 33.5 Å². The Balaban J connectivity index is 0.962. The Hall–Kier alpha value is -3.96. The number of nitrogens with zero attached hydrogens (tertiary/aromatic N) is 3. The van der Waals surface area contributed by atoms with Gasteiger partial charge in [0, 0.05) is 29.2 Å². The highest BCUT2D eigenvalue weighted by Crippen LogP contribution is 2.53. The zero-order valence-corrected chi connectivity index (χ0v) is 24.5. The molecule has 3 aromatic carbocycles. The van der Waals surface area contributed by atoms with Gasteiger partial charge in [-0.3, -0.25) is 5.32 Å². The molecule has 3 N–H and O–H groups in total. The van der Waals surface area contributed by atoms with Gasteiger partial charge in [0.05, 0.1) is 61.2 Å². The highest BCUT2D eigenvalue weighted by Gasteiger charge is 2.47. The fourth-order valence-corrected chi connectivity index (χ4v) is 8.48. The van der Waals surface area contributed by atoms with Gasteiger partial charge >= 0.3 is 0 Å². The van der Waals surface area contributed by atoms with Crippen LogP contribution in [0, 0.1) is 5.92 Å². The van der Waals surface area contributed by atoms with Crippen molar-refractivity contribution in [1.29, 1.82) is 0 Å². The summed E-state index contributed by atoms with van der Waals surface area (Å²) in [5, 5.41) is 7.16. The maximum Gasteiger partial charge on any atom is 0.299 e. The summed E-state index contributed by atoms with van der Waals surface area (Å²) in [5.74, 6) is -2.16. The Labute approximate surface area is 258 Å². The van der Waals surface area contributed by atoms with E-state index in [1.165, 1.54) is 19.3 Å². The van der Waals surface area contributed by atoms with Crippen LogP contribution in [0.5, 0.6) is 0 Å². The zero-order valence-electron chi connectivity index (χ0n) is 24.5. The SMILES string of the molecule is FC1(F)c2cc(-c3ccc4nc([C@H]5N[C@@H]6CC[C@@H]5C6)[nH]c4c3)ccc2-c2ccc(-c3cncn3[C@H]3CC4(CN3)OCCO4)cc21. The molecule has 5 aliphatic rings. The molecule has 0 unspecified atom stereocenters. The van der Waals surface area contributed by atoms with Gasteiger partial charge in [0.1, 0.15) is 5.82 Å². The van der Waals surface area contributed by atoms with Crippen molar-refractivity contribution in [1.82, 2.24) is 30.2 Å². The van der Waals surface area contributed by atoms with Crippen molar-refractivity contribution in [2.45, 2.75) is 55.6 Å². The predicted octanol–water partition coefficient (Wildman–Crippen LogP) is 6.26. The molecule has 3 saturated heterocycles. The Morgan fingerprint density at radius 2 is 1.64 bits per heavy atom. The average molecular weight is 607 g/mol. The van der Waals surface area contributed by atoms with E-state index in [0.29, 0.717) is 54.8 Å². The molecule has 4 atom stereocenters. The molecule has 1 spiro atoms. The van der Waals surface area contributed by atoms with E-state index in [1.807, 2.05) is 47.0 Å². The molecule has 4 fully saturated rings. The molecule has 10 rings (SSSR count). The van der Waals surface area contributed by atoms with Gasteiger partial charge in [0.2, 0.25) is 0 Å². The molecule has 228 valence electrons. The fraction of sp³-hybridized carbons (Fsp3) is 0.371. The summed E-state index contributed by atoms with van der Waals surface area (Å²) in [6.45, 7) is 1.72. The number of ether oxygens (including phenoxy) is 2. The van der Waals surface area contributed by atoms with Gasteiger partial charge in [0.25, 0.3) is 5.92 Å². The van der Waals surface area contributed by atoms with Crippen molar-refractivity contribution in [2.75, 3.05) is 19.8 Å². The quantitative estimate of drug-likeness (QED) is 0.224. The monoisotopic (exact) mass is 606 g/mol. The van der Waals surface area contributed by atoms with Crippen molar-refractivity contribution < 1.29 is 18.3 Å². The number of benzene rings is 3. The summed E-state index contributed by atoms with van der Waals surface area (Å²) in [6.07, 6.45) is 7.68. The Morgan fingerprint density at radius 3 is 2.42 bits per heavy atom. The van der Waals surface area contributed by atoms with E-state index in [4.69, 9.17) is 14.5 Å². The number of aromatic amines is 1. The van der Waals surface area contributed by atoms with Crippen LogP contribution in [0.25, 0.3) is 44.5 Å². The second-order valence-electron chi connectivity index (χ2n) is 13.3. The van der Waals surface area contributed by atoms with E-state index < -0.39 is 11.7 Å². The molecule has 45 heavy (non-hydrogen) atoms. The summed E-state index contributed by atoms with van der Waals surface area (Å²) in [6, 6.07) is 17.6. The predicted molar refractivity (Wildman–Crippen MR) is 164 cm³/mol. The number of rotatable bonds is 4. The zero-order chi connectivity index (χ0) is 29.9. The number of imidazole rings is 2. The molecule has 2 aliphatic carbocycles. The number of H-pyrrole nitrogens is 1. The molecule has 2 bridgehead atoms. The summed E-state index contributed by atoms with van der Waals surface area (Å²) in [4.78, 5) is 12.8. The minimum Gasteiger partial charge on any atom is -0.346 e. The number of alkyl halides is 2. The highest BCUT2D eigenvalue weighted by atomic mass is 19.3. The van der Waals surface area contributed by atoms with Crippen LogP contribution in [0.2, 0.25) is 0 Å². The number of halogens is 2. The van der Waals surface area contributed by atoms with Crippen LogP contribution in [0.1, 0.15) is 54.8 Å². The minimum atomic E-state index is -3.14. The second kappa shape index (κ2) is 9.29. The minimum absolute atomic E-state index is 0.0187. The number of hydrogen-bond donors (Lipinski definition) is 3. The lowest BCUT2D eigenvalue weighted by molar-refractivity contribution is -0.142. The lowest BCUT2D eigenvalue weighted by atomic mass is 9.98. The molecule has 10 heteroatoms. The third-order valence-corrected chi connectivity index (χ3v) is 10.7. The first-order chi connectivity index (χ1) is 21.9. The number of hydrogen-bond acceptors (Lipinski definition) is 6. The van der Waals surface area contributed by atoms with Crippen LogP contribution in [0.15, 0.2) is 67.1 Å². The van der Waals surface area contributed by atoms with Crippen LogP contribution >= 0.6 is 0 Å². The van der Waals surface area contributed by atoms with Gasteiger partial charge in [-0.1, -0.05) is 30.3 Å². The first-order valence-corrected chi connectivity index (χ1v) is 15.9. The van der Waals surface area contributed by atoms with Crippen LogP contribution in [0.3, 0.4) is 0 Å². The third kappa shape index (κ3) is 3.89. The van der Waals surface area contributed by atoms with E-state index in [2.05, 4.69) is 20.6 Å². The van der Waals surface area contributed by atoms with E-state index in [1.54, 1.807) is 24.7 Å². The molecule has 5 heterocycles. The Morgan fingerprint density at radius 1 is 0.889 bits per heavy atom. The summed E-state index contributed by atoms with van der Waals surface area (Å²) < 4.78 is 46.2. The molecule has 2 aromatic heterocycles. The highest BCUT2D eigenvalue weighted by molar-refractivity contribution is 5.87. The van der Waals surface area contributed by atoms with Crippen molar-refractivity contribution in [3.63, 3.8) is 0 Å². The van der Waals surface area contributed by atoms with E-state index >= 15 is 8.78 Å². The van der Waals surface area contributed by atoms with Crippen LogP contribution in [-0.4, -0.2) is 51.1 Å². The van der Waals surface area contributed by atoms with Gasteiger partial charge < -0.3 is 24.3 Å². The van der Waals surface area contributed by atoms with Crippen LogP contribution in [0.4, 0.5) is 8.78 Å². The second-order valence-corrected chi connectivity index (χ2v) is 13.3. The maximum absolute atomic E-state index is 16.3. The number of nitrogens with one attached hydrogen (secondary N) is 3. The molecule has 1 saturated carbocycles. The van der Waals surface area contributed by atoms with Gasteiger partial charge in [-0.05, 0) is 71.7 Å². The molecule has 5 aromatic rings. The smallest absolute Gasteiger partial charge is 0.299 e. The molecule has 0 amide bonds. The lowest BCUT2D eigenvalue weighted by Crippen LogP contribution is -2.32. The number of aromatic nitrogens is 4. The van der Waals surface area contributed by atoms with E-state index in [-0.39, 0.29) is 23.3 Å². The number of fused-ring (bicyclic) bond motifs is 6.